The second-order valence-electron chi connectivity index (χ2n) is 22.8. The average Bonchev–Trinajstić information content (AvgIpc) is 3.40. The summed E-state index contributed by atoms with van der Waals surface area (Å²) in [5, 5.41) is 76.3. The number of rotatable bonds is 56. The first-order valence-electron chi connectivity index (χ1n) is 32.1. The average molecular weight is 1050 g/mol. The maximum absolute atomic E-state index is 13.2. The molecular weight excluding hydrogens is 931 g/mol. The normalized spacial score (nSPS) is 19.8. The maximum atomic E-state index is 13.2. The van der Waals surface area contributed by atoms with E-state index in [1.165, 1.54) is 238 Å². The fourth-order valence-corrected chi connectivity index (χ4v) is 10.6. The van der Waals surface area contributed by atoms with Crippen LogP contribution in [0, 0.1) is 0 Å². The Bertz CT molecular complexity index is 1210. The van der Waals surface area contributed by atoms with E-state index in [2.05, 4.69) is 31.3 Å². The number of aliphatic hydroxyl groups is 7. The van der Waals surface area contributed by atoms with Crippen molar-refractivity contribution in [1.29, 1.82) is 0 Å². The van der Waals surface area contributed by atoms with E-state index in [9.17, 15) is 40.5 Å². The zero-order chi connectivity index (χ0) is 54.0. The molecule has 440 valence electrons. The van der Waals surface area contributed by atoms with E-state index in [0.717, 1.165) is 38.5 Å². The summed E-state index contributed by atoms with van der Waals surface area (Å²) in [6, 6.07) is -1.18. The highest BCUT2D eigenvalue weighted by Crippen LogP contribution is 2.24. The third-order valence-electron chi connectivity index (χ3n) is 15.8. The van der Waals surface area contributed by atoms with E-state index in [4.69, 9.17) is 9.47 Å². The minimum Gasteiger partial charge on any atom is -0.394 e. The molecule has 0 aromatic carbocycles. The molecule has 0 aliphatic carbocycles. The summed E-state index contributed by atoms with van der Waals surface area (Å²) in [5.41, 5.74) is 0. The summed E-state index contributed by atoms with van der Waals surface area (Å²) >= 11 is 0. The topological polar surface area (TPSA) is 189 Å². The number of carbonyl (C=O) groups excluding carboxylic acids is 1. The van der Waals surface area contributed by atoms with E-state index < -0.39 is 74.2 Å². The molecule has 1 aliphatic rings. The van der Waals surface area contributed by atoms with Crippen LogP contribution in [0.5, 0.6) is 0 Å². The van der Waals surface area contributed by atoms with Gasteiger partial charge in [-0.1, -0.05) is 289 Å². The second kappa shape index (κ2) is 52.5. The number of nitrogens with one attached hydrogen (secondary N) is 1. The number of amides is 1. The van der Waals surface area contributed by atoms with E-state index in [1.54, 1.807) is 0 Å². The number of aliphatic hydroxyl groups excluding tert-OH is 7. The fourth-order valence-electron chi connectivity index (χ4n) is 10.6. The number of allylic oxidation sites excluding steroid dienone is 2. The Morgan fingerprint density at radius 2 is 0.797 bits per heavy atom. The summed E-state index contributed by atoms with van der Waals surface area (Å²) in [6.45, 7) is 3.49. The van der Waals surface area contributed by atoms with Gasteiger partial charge in [-0.3, -0.25) is 4.79 Å². The summed E-state index contributed by atoms with van der Waals surface area (Å²) in [6.07, 6.45) is 51.4. The highest BCUT2D eigenvalue weighted by Gasteiger charge is 2.44. The van der Waals surface area contributed by atoms with Gasteiger partial charge in [-0.25, -0.2) is 0 Å². The molecule has 0 aromatic heterocycles. The van der Waals surface area contributed by atoms with Gasteiger partial charge in [-0.2, -0.15) is 0 Å². The molecule has 1 heterocycles. The van der Waals surface area contributed by atoms with Crippen LogP contribution >= 0.6 is 0 Å². The number of carbonyl (C=O) groups is 1. The van der Waals surface area contributed by atoms with Crippen molar-refractivity contribution >= 4 is 5.91 Å². The summed E-state index contributed by atoms with van der Waals surface area (Å²) in [7, 11) is 0. The minimum absolute atomic E-state index is 0.260. The van der Waals surface area contributed by atoms with Gasteiger partial charge in [0, 0.05) is 0 Å². The molecular formula is C63H123NO10. The summed E-state index contributed by atoms with van der Waals surface area (Å²) in [4.78, 5) is 13.2. The Morgan fingerprint density at radius 3 is 1.16 bits per heavy atom. The molecule has 1 rings (SSSR count). The largest absolute Gasteiger partial charge is 0.394 e. The van der Waals surface area contributed by atoms with E-state index in [1.807, 2.05) is 0 Å². The molecule has 9 unspecified atom stereocenters. The van der Waals surface area contributed by atoms with Crippen molar-refractivity contribution in [3.8, 4) is 0 Å². The molecule has 0 bridgehead atoms. The Hall–Kier alpha value is -1.15. The van der Waals surface area contributed by atoms with Crippen LogP contribution in [-0.2, 0) is 14.3 Å². The van der Waals surface area contributed by atoms with Crippen molar-refractivity contribution in [2.24, 2.45) is 0 Å². The van der Waals surface area contributed by atoms with Crippen molar-refractivity contribution in [3.05, 3.63) is 12.2 Å². The van der Waals surface area contributed by atoms with Crippen LogP contribution in [0.15, 0.2) is 12.2 Å². The SMILES string of the molecule is CCCCCCCCCCCCCCCCCCCCCCCC/C=C/CCCC(O)C(O)C(COC1OC(CO)C(O)C(O)C1O)NC(=O)C(O)CCCCCCCCCCCCCCCCCCCCCC. The molecule has 0 spiro atoms. The van der Waals surface area contributed by atoms with Crippen LogP contribution < -0.4 is 5.32 Å². The first-order valence-corrected chi connectivity index (χ1v) is 32.1. The minimum atomic E-state index is -1.67. The van der Waals surface area contributed by atoms with Crippen molar-refractivity contribution in [2.75, 3.05) is 13.2 Å². The predicted octanol–water partition coefficient (Wildman–Crippen LogP) is 14.3. The highest BCUT2D eigenvalue weighted by atomic mass is 16.7. The lowest BCUT2D eigenvalue weighted by atomic mass is 9.98. The van der Waals surface area contributed by atoms with Gasteiger partial charge in [0.15, 0.2) is 6.29 Å². The lowest BCUT2D eigenvalue weighted by Crippen LogP contribution is -2.60. The Morgan fingerprint density at radius 1 is 0.459 bits per heavy atom. The quantitative estimate of drug-likeness (QED) is 0.0215. The van der Waals surface area contributed by atoms with E-state index >= 15 is 0 Å². The van der Waals surface area contributed by atoms with Crippen LogP contribution in [0.25, 0.3) is 0 Å². The Kier molecular flexibility index (Phi) is 50.3. The molecule has 1 amide bonds. The number of hydrogen-bond acceptors (Lipinski definition) is 10. The molecule has 9 atom stereocenters. The van der Waals surface area contributed by atoms with Crippen molar-refractivity contribution in [3.63, 3.8) is 0 Å². The van der Waals surface area contributed by atoms with Gasteiger partial charge in [-0.05, 0) is 38.5 Å². The molecule has 11 heteroatoms. The lowest BCUT2D eigenvalue weighted by molar-refractivity contribution is -0.303. The van der Waals surface area contributed by atoms with Crippen LogP contribution in [-0.4, -0.2) is 110 Å². The monoisotopic (exact) mass is 1050 g/mol. The summed E-state index contributed by atoms with van der Waals surface area (Å²) < 4.78 is 11.2. The second-order valence-corrected chi connectivity index (χ2v) is 22.8. The predicted molar refractivity (Wildman–Crippen MR) is 307 cm³/mol. The van der Waals surface area contributed by atoms with Gasteiger partial charge in [0.2, 0.25) is 5.91 Å². The van der Waals surface area contributed by atoms with Crippen LogP contribution in [0.3, 0.4) is 0 Å². The molecule has 8 N–H and O–H groups in total. The third kappa shape index (κ3) is 40.1. The molecule has 0 radical (unpaired) electrons. The van der Waals surface area contributed by atoms with Gasteiger partial charge >= 0.3 is 0 Å². The number of ether oxygens (including phenoxy) is 2. The smallest absolute Gasteiger partial charge is 0.249 e. The first kappa shape index (κ1) is 70.9. The molecule has 11 nitrogen and oxygen atoms in total. The third-order valence-corrected chi connectivity index (χ3v) is 15.8. The standard InChI is InChI=1S/C63H123NO10/c1-3-5-7-9-11-13-15-17-19-21-23-25-26-27-28-29-30-31-33-34-36-38-40-42-44-46-48-50-55(66)58(68)54(53-73-63-61(71)60(70)59(69)57(52-65)74-63)64-62(72)56(67)51-49-47-45-43-41-39-37-35-32-24-22-20-18-16-14-12-10-8-6-4-2/h42,44,54-61,63,65-71H,3-41,43,45-53H2,1-2H3,(H,64,72)/b44-42+. The van der Waals surface area contributed by atoms with Gasteiger partial charge < -0.3 is 50.5 Å². The highest BCUT2D eigenvalue weighted by molar-refractivity contribution is 5.80. The van der Waals surface area contributed by atoms with Crippen LogP contribution in [0.4, 0.5) is 0 Å². The van der Waals surface area contributed by atoms with E-state index in [0.29, 0.717) is 12.8 Å². The molecule has 1 aliphatic heterocycles. The van der Waals surface area contributed by atoms with Crippen molar-refractivity contribution in [2.45, 2.75) is 371 Å². The zero-order valence-corrected chi connectivity index (χ0v) is 48.4. The number of hydrogen-bond donors (Lipinski definition) is 8. The zero-order valence-electron chi connectivity index (χ0n) is 48.4. The van der Waals surface area contributed by atoms with Crippen molar-refractivity contribution in [1.82, 2.24) is 5.32 Å². The van der Waals surface area contributed by atoms with Crippen LogP contribution in [0.2, 0.25) is 0 Å². The molecule has 74 heavy (non-hydrogen) atoms. The van der Waals surface area contributed by atoms with Gasteiger partial charge in [0.1, 0.15) is 36.6 Å². The fraction of sp³-hybridized carbons (Fsp3) is 0.952. The first-order chi connectivity index (χ1) is 36.2. The maximum Gasteiger partial charge on any atom is 0.249 e. The van der Waals surface area contributed by atoms with Crippen molar-refractivity contribution < 1.29 is 50.0 Å². The molecule has 1 saturated heterocycles. The lowest BCUT2D eigenvalue weighted by Gasteiger charge is -2.40. The van der Waals surface area contributed by atoms with Crippen LogP contribution in [0.1, 0.15) is 316 Å². The molecule has 0 saturated carbocycles. The van der Waals surface area contributed by atoms with Gasteiger partial charge in [0.25, 0.3) is 0 Å². The van der Waals surface area contributed by atoms with E-state index in [-0.39, 0.29) is 12.8 Å². The number of unbranched alkanes of at least 4 members (excludes halogenated alkanes) is 42. The Labute approximate surface area is 455 Å². The summed E-state index contributed by atoms with van der Waals surface area (Å²) in [5.74, 6) is -0.699. The molecule has 1 fully saturated rings. The van der Waals surface area contributed by atoms with Gasteiger partial charge in [-0.15, -0.1) is 0 Å². The Balaban J connectivity index is 2.26. The molecule has 0 aromatic rings. The van der Waals surface area contributed by atoms with Gasteiger partial charge in [0.05, 0.1) is 25.4 Å².